The van der Waals surface area contributed by atoms with Crippen molar-refractivity contribution in [1.82, 2.24) is 24.7 Å². The quantitative estimate of drug-likeness (QED) is 0.303. The molecule has 4 heterocycles. The number of pyridine rings is 3. The van der Waals surface area contributed by atoms with Crippen LogP contribution in [0, 0.1) is 0 Å². The third kappa shape index (κ3) is 4.45. The lowest BCUT2D eigenvalue weighted by molar-refractivity contribution is 0.000925. The molecule has 1 atom stereocenters. The van der Waals surface area contributed by atoms with E-state index in [1.807, 2.05) is 36.4 Å². The third-order valence-corrected chi connectivity index (χ3v) is 5.22. The molecule has 170 valence electrons. The minimum Gasteiger partial charge on any atom is -0.471 e. The SMILES string of the molecule is FC(F)C(F)n1cc(-c2ccncc2)c(-c2ccc(OCc3ccc4ccccc4n3)nc2)n1. The first-order chi connectivity index (χ1) is 16.6. The summed E-state index contributed by atoms with van der Waals surface area (Å²) < 4.78 is 46.3. The number of para-hydroxylation sites is 1. The molecule has 5 aromatic rings. The number of aromatic nitrogens is 5. The number of halogens is 3. The van der Waals surface area contributed by atoms with Gasteiger partial charge in [-0.05, 0) is 35.9 Å². The minimum atomic E-state index is -3.20. The van der Waals surface area contributed by atoms with E-state index in [9.17, 15) is 13.2 Å². The second-order valence-corrected chi connectivity index (χ2v) is 7.48. The summed E-state index contributed by atoms with van der Waals surface area (Å²) in [7, 11) is 0. The molecule has 0 saturated carbocycles. The van der Waals surface area contributed by atoms with Crippen LogP contribution in [0.15, 0.2) is 85.5 Å². The summed E-state index contributed by atoms with van der Waals surface area (Å²) in [5.74, 6) is 0.361. The summed E-state index contributed by atoms with van der Waals surface area (Å²) in [4.78, 5) is 12.8. The molecule has 0 aliphatic heterocycles. The van der Waals surface area contributed by atoms with Gasteiger partial charge in [-0.2, -0.15) is 5.10 Å². The molecule has 0 spiro atoms. The van der Waals surface area contributed by atoms with E-state index >= 15 is 0 Å². The van der Waals surface area contributed by atoms with Crippen molar-refractivity contribution in [2.45, 2.75) is 19.3 Å². The molecule has 1 unspecified atom stereocenters. The van der Waals surface area contributed by atoms with Crippen LogP contribution in [0.2, 0.25) is 0 Å². The summed E-state index contributed by atoms with van der Waals surface area (Å²) in [6.07, 6.45) is 0.141. The second-order valence-electron chi connectivity index (χ2n) is 7.48. The number of hydrogen-bond acceptors (Lipinski definition) is 5. The molecule has 0 amide bonds. The largest absolute Gasteiger partial charge is 0.471 e. The monoisotopic (exact) mass is 461 g/mol. The Labute approximate surface area is 192 Å². The van der Waals surface area contributed by atoms with Crippen LogP contribution >= 0.6 is 0 Å². The summed E-state index contributed by atoms with van der Waals surface area (Å²) in [6, 6.07) is 18.4. The van der Waals surface area contributed by atoms with Gasteiger partial charge in [0.1, 0.15) is 12.3 Å². The van der Waals surface area contributed by atoms with Crippen molar-refractivity contribution in [1.29, 1.82) is 0 Å². The lowest BCUT2D eigenvalue weighted by Crippen LogP contribution is -2.12. The minimum absolute atomic E-state index is 0.228. The lowest BCUT2D eigenvalue weighted by Gasteiger charge is -2.07. The van der Waals surface area contributed by atoms with E-state index in [1.54, 1.807) is 36.7 Å². The van der Waals surface area contributed by atoms with Crippen LogP contribution in [-0.2, 0) is 6.61 Å². The molecular formula is C25H18F3N5O. The van der Waals surface area contributed by atoms with Gasteiger partial charge < -0.3 is 4.74 Å². The van der Waals surface area contributed by atoms with Gasteiger partial charge in [0.25, 0.3) is 12.7 Å². The Morgan fingerprint density at radius 3 is 2.47 bits per heavy atom. The standard InChI is InChI=1S/C25H18F3N5O/c26-24(27)25(28)33-14-20(16-9-11-29-12-10-16)23(32-33)18-6-8-22(30-13-18)34-15-19-7-5-17-3-1-2-4-21(17)31-19/h1-14,24-25H,15H2. The highest BCUT2D eigenvalue weighted by Gasteiger charge is 2.25. The predicted molar refractivity (Wildman–Crippen MR) is 121 cm³/mol. The topological polar surface area (TPSA) is 65.7 Å². The zero-order chi connectivity index (χ0) is 23.5. The van der Waals surface area contributed by atoms with E-state index in [1.165, 1.54) is 12.4 Å². The molecule has 6 nitrogen and oxygen atoms in total. The second kappa shape index (κ2) is 9.30. The molecule has 9 heteroatoms. The normalized spacial score (nSPS) is 12.2. The molecular weight excluding hydrogens is 443 g/mol. The molecule has 4 aromatic heterocycles. The van der Waals surface area contributed by atoms with Gasteiger partial charge in [-0.1, -0.05) is 24.3 Å². The predicted octanol–water partition coefficient (Wildman–Crippen LogP) is 5.87. The average Bonchev–Trinajstić information content (AvgIpc) is 3.33. The number of rotatable bonds is 7. The van der Waals surface area contributed by atoms with E-state index in [2.05, 4.69) is 20.1 Å². The van der Waals surface area contributed by atoms with Gasteiger partial charge >= 0.3 is 0 Å². The number of hydrogen-bond donors (Lipinski definition) is 0. The Hall–Kier alpha value is -4.27. The molecule has 0 aliphatic carbocycles. The zero-order valence-electron chi connectivity index (χ0n) is 17.7. The van der Waals surface area contributed by atoms with Gasteiger partial charge in [0.05, 0.1) is 11.2 Å². The first-order valence-corrected chi connectivity index (χ1v) is 10.4. The van der Waals surface area contributed by atoms with E-state index in [0.29, 0.717) is 32.9 Å². The fourth-order valence-electron chi connectivity index (χ4n) is 3.53. The van der Waals surface area contributed by atoms with Crippen molar-refractivity contribution < 1.29 is 17.9 Å². The Bertz CT molecular complexity index is 1410. The average molecular weight is 461 g/mol. The first-order valence-electron chi connectivity index (χ1n) is 10.4. The van der Waals surface area contributed by atoms with Gasteiger partial charge in [-0.3, -0.25) is 4.98 Å². The van der Waals surface area contributed by atoms with Gasteiger partial charge in [0.2, 0.25) is 5.88 Å². The van der Waals surface area contributed by atoms with Crippen LogP contribution in [0.4, 0.5) is 13.2 Å². The number of fused-ring (bicyclic) bond motifs is 1. The molecule has 0 N–H and O–H groups in total. The van der Waals surface area contributed by atoms with E-state index in [4.69, 9.17) is 4.74 Å². The molecule has 34 heavy (non-hydrogen) atoms. The molecule has 0 saturated heterocycles. The Morgan fingerprint density at radius 2 is 1.71 bits per heavy atom. The highest BCUT2D eigenvalue weighted by Crippen LogP contribution is 2.33. The third-order valence-electron chi connectivity index (χ3n) is 5.22. The summed E-state index contributed by atoms with van der Waals surface area (Å²) >= 11 is 0. The summed E-state index contributed by atoms with van der Waals surface area (Å²) in [5, 5.41) is 5.12. The van der Waals surface area contributed by atoms with Crippen molar-refractivity contribution in [2.75, 3.05) is 0 Å². The van der Waals surface area contributed by atoms with Crippen LogP contribution in [0.1, 0.15) is 12.0 Å². The molecule has 1 aromatic carbocycles. The molecule has 0 aliphatic rings. The maximum atomic E-state index is 14.0. The smallest absolute Gasteiger partial charge is 0.289 e. The lowest BCUT2D eigenvalue weighted by atomic mass is 10.0. The molecule has 0 radical (unpaired) electrons. The van der Waals surface area contributed by atoms with Crippen LogP contribution < -0.4 is 4.74 Å². The van der Waals surface area contributed by atoms with Crippen LogP contribution in [0.3, 0.4) is 0 Å². The maximum Gasteiger partial charge on any atom is 0.289 e. The van der Waals surface area contributed by atoms with Crippen molar-refractivity contribution >= 4 is 10.9 Å². The molecule has 5 rings (SSSR count). The van der Waals surface area contributed by atoms with Crippen molar-refractivity contribution in [3.63, 3.8) is 0 Å². The Morgan fingerprint density at radius 1 is 0.882 bits per heavy atom. The summed E-state index contributed by atoms with van der Waals surface area (Å²) in [6.45, 7) is 0.228. The van der Waals surface area contributed by atoms with E-state index < -0.39 is 12.7 Å². The number of alkyl halides is 3. The van der Waals surface area contributed by atoms with Crippen LogP contribution in [0.25, 0.3) is 33.3 Å². The first kappa shape index (κ1) is 21.6. The van der Waals surface area contributed by atoms with Crippen molar-refractivity contribution in [3.05, 3.63) is 91.1 Å². The molecule has 0 fully saturated rings. The number of benzene rings is 1. The summed E-state index contributed by atoms with van der Waals surface area (Å²) in [5.41, 5.74) is 3.64. The zero-order valence-corrected chi connectivity index (χ0v) is 17.7. The fraction of sp³-hybridized carbons (Fsp3) is 0.120. The van der Waals surface area contributed by atoms with Gasteiger partial charge in [-0.25, -0.2) is 27.8 Å². The van der Waals surface area contributed by atoms with Crippen molar-refractivity contribution in [2.24, 2.45) is 0 Å². The highest BCUT2D eigenvalue weighted by molar-refractivity contribution is 5.80. The maximum absolute atomic E-state index is 14.0. The van der Waals surface area contributed by atoms with E-state index in [-0.39, 0.29) is 6.61 Å². The highest BCUT2D eigenvalue weighted by atomic mass is 19.3. The van der Waals surface area contributed by atoms with Gasteiger partial charge in [0, 0.05) is 47.4 Å². The fourth-order valence-corrected chi connectivity index (χ4v) is 3.53. The van der Waals surface area contributed by atoms with Crippen LogP contribution in [-0.4, -0.2) is 31.2 Å². The Kier molecular flexibility index (Phi) is 5.90. The van der Waals surface area contributed by atoms with Gasteiger partial charge in [0.15, 0.2) is 0 Å². The molecule has 0 bridgehead atoms. The van der Waals surface area contributed by atoms with E-state index in [0.717, 1.165) is 16.6 Å². The number of ether oxygens (including phenoxy) is 1. The van der Waals surface area contributed by atoms with Crippen LogP contribution in [0.5, 0.6) is 5.88 Å². The Balaban J connectivity index is 1.39. The van der Waals surface area contributed by atoms with Crippen molar-refractivity contribution in [3.8, 4) is 28.3 Å². The number of nitrogens with zero attached hydrogens (tertiary/aromatic N) is 5. The van der Waals surface area contributed by atoms with Gasteiger partial charge in [-0.15, -0.1) is 0 Å².